The highest BCUT2D eigenvalue weighted by Gasteiger charge is 2.35. The summed E-state index contributed by atoms with van der Waals surface area (Å²) in [6, 6.07) is 15.5. The summed E-state index contributed by atoms with van der Waals surface area (Å²) >= 11 is 12.1. The van der Waals surface area contributed by atoms with Gasteiger partial charge in [-0.25, -0.2) is 9.50 Å². The van der Waals surface area contributed by atoms with Crippen LogP contribution in [0.3, 0.4) is 0 Å². The largest absolute Gasteiger partial charge is 0.497 e. The molecule has 0 radical (unpaired) electrons. The molecule has 5 rings (SSSR count). The second kappa shape index (κ2) is 9.99. The minimum atomic E-state index is -4.76. The Morgan fingerprint density at radius 3 is 2.39 bits per heavy atom. The first-order chi connectivity index (χ1) is 18.1. The predicted octanol–water partition coefficient (Wildman–Crippen LogP) is 6.23. The topological polar surface area (TPSA) is 86.3 Å². The maximum atomic E-state index is 13.9. The van der Waals surface area contributed by atoms with E-state index < -0.39 is 17.8 Å². The van der Waals surface area contributed by atoms with Gasteiger partial charge in [0.1, 0.15) is 10.8 Å². The summed E-state index contributed by atoms with van der Waals surface area (Å²) in [6.45, 7) is 0.355. The van der Waals surface area contributed by atoms with E-state index in [1.165, 1.54) is 18.0 Å². The Balaban J connectivity index is 1.44. The normalized spacial score (nSPS) is 11.6. The van der Waals surface area contributed by atoms with Crippen LogP contribution in [-0.2, 0) is 12.7 Å². The van der Waals surface area contributed by atoms with Crippen molar-refractivity contribution < 1.29 is 22.7 Å². The Kier molecular flexibility index (Phi) is 6.72. The molecule has 0 aliphatic carbocycles. The van der Waals surface area contributed by atoms with Crippen LogP contribution in [0, 0.1) is 0 Å². The van der Waals surface area contributed by atoms with E-state index >= 15 is 0 Å². The molecule has 3 heterocycles. The van der Waals surface area contributed by atoms with Gasteiger partial charge >= 0.3 is 6.18 Å². The Morgan fingerprint density at radius 2 is 1.74 bits per heavy atom. The number of alkyl halides is 3. The van der Waals surface area contributed by atoms with E-state index in [1.807, 2.05) is 12.1 Å². The zero-order valence-electron chi connectivity index (χ0n) is 19.5. The molecule has 0 saturated carbocycles. The van der Waals surface area contributed by atoms with Crippen LogP contribution in [0.25, 0.3) is 16.9 Å². The standard InChI is InChI=1S/C25H17Cl2F3N6O2/c1-38-17-8-4-15(5-9-17)19-10-21(25(28,29)30)36-22(31-19)11-20(33-36)24(37)32-23-18(27)13-35(34-23)12-14-2-6-16(26)7-3-14/h2-11,13H,12H2,1H3,(H,32,34,37). The molecule has 8 nitrogen and oxygen atoms in total. The third-order valence-corrected chi connectivity index (χ3v) is 6.07. The van der Waals surface area contributed by atoms with Crippen LogP contribution in [0.5, 0.6) is 5.75 Å². The van der Waals surface area contributed by atoms with Crippen molar-refractivity contribution in [1.82, 2.24) is 24.4 Å². The highest BCUT2D eigenvalue weighted by Crippen LogP contribution is 2.33. The number of hydrogen-bond acceptors (Lipinski definition) is 5. The predicted molar refractivity (Wildman–Crippen MR) is 136 cm³/mol. The van der Waals surface area contributed by atoms with E-state index in [-0.39, 0.29) is 27.9 Å². The van der Waals surface area contributed by atoms with Crippen molar-refractivity contribution in [2.24, 2.45) is 0 Å². The first kappa shape index (κ1) is 25.6. The number of anilines is 1. The molecule has 5 aromatic rings. The average molecular weight is 561 g/mol. The Morgan fingerprint density at radius 1 is 1.03 bits per heavy atom. The molecular weight excluding hydrogens is 544 g/mol. The van der Waals surface area contributed by atoms with Crippen LogP contribution >= 0.6 is 23.2 Å². The fourth-order valence-corrected chi connectivity index (χ4v) is 4.03. The summed E-state index contributed by atoms with van der Waals surface area (Å²) in [5.74, 6) is -0.220. The number of methoxy groups -OCH3 is 1. The summed E-state index contributed by atoms with van der Waals surface area (Å²) < 4.78 is 48.9. The fourth-order valence-electron chi connectivity index (χ4n) is 3.71. The van der Waals surface area contributed by atoms with E-state index in [1.54, 1.807) is 36.4 Å². The molecule has 0 fully saturated rings. The minimum Gasteiger partial charge on any atom is -0.497 e. The van der Waals surface area contributed by atoms with Crippen molar-refractivity contribution in [3.8, 4) is 17.0 Å². The second-order valence-corrected chi connectivity index (χ2v) is 9.00. The highest BCUT2D eigenvalue weighted by molar-refractivity contribution is 6.33. The van der Waals surface area contributed by atoms with Gasteiger partial charge in [0.05, 0.1) is 19.3 Å². The molecule has 0 atom stereocenters. The SMILES string of the molecule is COc1ccc(-c2cc(C(F)(F)F)n3nc(C(=O)Nc4nn(Cc5ccc(Cl)cc5)cc4Cl)cc3n2)cc1. The van der Waals surface area contributed by atoms with Gasteiger partial charge in [0.15, 0.2) is 22.9 Å². The second-order valence-electron chi connectivity index (χ2n) is 8.16. The molecule has 1 N–H and O–H groups in total. The van der Waals surface area contributed by atoms with Gasteiger partial charge in [-0.1, -0.05) is 35.3 Å². The van der Waals surface area contributed by atoms with Gasteiger partial charge in [-0.3, -0.25) is 9.48 Å². The maximum absolute atomic E-state index is 13.9. The van der Waals surface area contributed by atoms with E-state index in [4.69, 9.17) is 27.9 Å². The lowest BCUT2D eigenvalue weighted by molar-refractivity contribution is -0.142. The summed E-state index contributed by atoms with van der Waals surface area (Å²) in [5, 5.41) is 11.3. The highest BCUT2D eigenvalue weighted by atomic mass is 35.5. The first-order valence-corrected chi connectivity index (χ1v) is 11.8. The van der Waals surface area contributed by atoms with Crippen molar-refractivity contribution in [2.45, 2.75) is 12.7 Å². The number of hydrogen-bond donors (Lipinski definition) is 1. The molecule has 2 aromatic carbocycles. The zero-order chi connectivity index (χ0) is 27.0. The van der Waals surface area contributed by atoms with Gasteiger partial charge in [-0.2, -0.15) is 23.4 Å². The third-order valence-electron chi connectivity index (χ3n) is 5.54. The molecule has 0 unspecified atom stereocenters. The van der Waals surface area contributed by atoms with Crippen LogP contribution in [-0.4, -0.2) is 37.4 Å². The monoisotopic (exact) mass is 560 g/mol. The van der Waals surface area contributed by atoms with E-state index in [9.17, 15) is 18.0 Å². The van der Waals surface area contributed by atoms with Crippen molar-refractivity contribution >= 4 is 40.6 Å². The number of carbonyl (C=O) groups excluding carboxylic acids is 1. The van der Waals surface area contributed by atoms with Crippen molar-refractivity contribution in [1.29, 1.82) is 0 Å². The maximum Gasteiger partial charge on any atom is 0.433 e. The Hall–Kier alpha value is -4.09. The Bertz CT molecular complexity index is 1630. The lowest BCUT2D eigenvalue weighted by atomic mass is 10.1. The molecule has 0 spiro atoms. The molecule has 0 bridgehead atoms. The number of amides is 1. The number of aromatic nitrogens is 5. The molecule has 38 heavy (non-hydrogen) atoms. The fraction of sp³-hybridized carbons (Fsp3) is 0.120. The van der Waals surface area contributed by atoms with Crippen LogP contribution in [0.2, 0.25) is 10.0 Å². The van der Waals surface area contributed by atoms with Crippen molar-refractivity contribution in [3.05, 3.63) is 93.9 Å². The molecule has 0 aliphatic rings. The van der Waals surface area contributed by atoms with Gasteiger partial charge in [0, 0.05) is 22.8 Å². The van der Waals surface area contributed by atoms with Crippen LogP contribution in [0.4, 0.5) is 19.0 Å². The molecule has 1 amide bonds. The first-order valence-electron chi connectivity index (χ1n) is 11.0. The number of nitrogens with zero attached hydrogens (tertiary/aromatic N) is 5. The van der Waals surface area contributed by atoms with Gasteiger partial charge in [0.2, 0.25) is 0 Å². The number of benzene rings is 2. The molecule has 3 aromatic heterocycles. The lowest BCUT2D eigenvalue weighted by Crippen LogP contribution is -2.16. The van der Waals surface area contributed by atoms with Gasteiger partial charge < -0.3 is 10.1 Å². The number of ether oxygens (including phenoxy) is 1. The average Bonchev–Trinajstić information content (AvgIpc) is 3.47. The number of fused-ring (bicyclic) bond motifs is 1. The van der Waals surface area contributed by atoms with Crippen molar-refractivity contribution in [3.63, 3.8) is 0 Å². The molecule has 0 aliphatic heterocycles. The van der Waals surface area contributed by atoms with Gasteiger partial charge in [-0.15, -0.1) is 0 Å². The van der Waals surface area contributed by atoms with Crippen molar-refractivity contribution in [2.75, 3.05) is 12.4 Å². The van der Waals surface area contributed by atoms with E-state index in [0.29, 0.717) is 27.4 Å². The van der Waals surface area contributed by atoms with Gasteiger partial charge in [-0.05, 0) is 48.0 Å². The summed E-state index contributed by atoms with van der Waals surface area (Å²) in [6.07, 6.45) is -3.24. The zero-order valence-corrected chi connectivity index (χ0v) is 21.0. The third kappa shape index (κ3) is 5.29. The molecule has 0 saturated heterocycles. The van der Waals surface area contributed by atoms with E-state index in [2.05, 4.69) is 20.5 Å². The van der Waals surface area contributed by atoms with Crippen LogP contribution < -0.4 is 10.1 Å². The minimum absolute atomic E-state index is 0.0330. The number of nitrogens with one attached hydrogen (secondary N) is 1. The van der Waals surface area contributed by atoms with Gasteiger partial charge in [0.25, 0.3) is 5.91 Å². The van der Waals surface area contributed by atoms with Crippen LogP contribution in [0.1, 0.15) is 21.7 Å². The Labute approximate surface area is 223 Å². The number of rotatable bonds is 6. The quantitative estimate of drug-likeness (QED) is 0.266. The number of halogens is 5. The van der Waals surface area contributed by atoms with Crippen LogP contribution in [0.15, 0.2) is 66.9 Å². The smallest absolute Gasteiger partial charge is 0.433 e. The number of carbonyl (C=O) groups is 1. The summed E-state index contributed by atoms with van der Waals surface area (Å²) in [7, 11) is 1.48. The van der Waals surface area contributed by atoms with E-state index in [0.717, 1.165) is 17.7 Å². The molecular formula is C25H17Cl2F3N6O2. The summed E-state index contributed by atoms with van der Waals surface area (Å²) in [4.78, 5) is 17.2. The molecule has 13 heteroatoms. The summed E-state index contributed by atoms with van der Waals surface area (Å²) in [5.41, 5.74) is -0.149. The lowest BCUT2D eigenvalue weighted by Gasteiger charge is -2.11. The molecule has 194 valence electrons.